The quantitative estimate of drug-likeness (QED) is 0.681. The SMILES string of the molecule is CC(=O)C(Br)c1ccc(N)cc1CCl. The van der Waals surface area contributed by atoms with Crippen LogP contribution in [0, 0.1) is 0 Å². The lowest BCUT2D eigenvalue weighted by atomic mass is 10.0. The van der Waals surface area contributed by atoms with Crippen LogP contribution in [0.15, 0.2) is 18.2 Å². The van der Waals surface area contributed by atoms with Crippen LogP contribution >= 0.6 is 27.5 Å². The molecule has 4 heteroatoms. The van der Waals surface area contributed by atoms with Crippen LogP contribution < -0.4 is 5.73 Å². The van der Waals surface area contributed by atoms with Crippen LogP contribution in [0.5, 0.6) is 0 Å². The summed E-state index contributed by atoms with van der Waals surface area (Å²) in [6, 6.07) is 5.38. The highest BCUT2D eigenvalue weighted by Crippen LogP contribution is 2.29. The molecule has 14 heavy (non-hydrogen) atoms. The smallest absolute Gasteiger partial charge is 0.147 e. The fraction of sp³-hybridized carbons (Fsp3) is 0.300. The number of Topliss-reactive ketones (excluding diaryl/α,β-unsaturated/α-hetero) is 1. The number of hydrogen-bond acceptors (Lipinski definition) is 2. The monoisotopic (exact) mass is 275 g/mol. The van der Waals surface area contributed by atoms with Gasteiger partial charge in [0.1, 0.15) is 5.78 Å². The van der Waals surface area contributed by atoms with Crippen LogP contribution in [0.2, 0.25) is 0 Å². The van der Waals surface area contributed by atoms with E-state index in [1.807, 2.05) is 6.07 Å². The maximum absolute atomic E-state index is 11.2. The van der Waals surface area contributed by atoms with Crippen molar-refractivity contribution in [2.75, 3.05) is 5.73 Å². The number of halogens is 2. The van der Waals surface area contributed by atoms with Gasteiger partial charge in [0.25, 0.3) is 0 Å². The summed E-state index contributed by atoms with van der Waals surface area (Å²) in [5.41, 5.74) is 8.06. The van der Waals surface area contributed by atoms with Crippen molar-refractivity contribution in [2.24, 2.45) is 0 Å². The van der Waals surface area contributed by atoms with E-state index in [0.29, 0.717) is 11.6 Å². The van der Waals surface area contributed by atoms with Crippen molar-refractivity contribution in [2.45, 2.75) is 17.6 Å². The first-order chi connectivity index (χ1) is 6.56. The van der Waals surface area contributed by atoms with Crippen LogP contribution in [-0.2, 0) is 10.7 Å². The second kappa shape index (κ2) is 4.80. The molecule has 1 aromatic carbocycles. The zero-order valence-electron chi connectivity index (χ0n) is 7.76. The summed E-state index contributed by atoms with van der Waals surface area (Å²) in [6.45, 7) is 1.54. The molecule has 0 aliphatic rings. The molecule has 0 aliphatic carbocycles. The molecule has 0 spiro atoms. The van der Waals surface area contributed by atoms with Crippen LogP contribution in [0.3, 0.4) is 0 Å². The Morgan fingerprint density at radius 2 is 2.29 bits per heavy atom. The molecule has 1 rings (SSSR count). The third-order valence-electron chi connectivity index (χ3n) is 1.94. The fourth-order valence-corrected chi connectivity index (χ4v) is 1.89. The van der Waals surface area contributed by atoms with Crippen LogP contribution in [0.4, 0.5) is 5.69 Å². The molecule has 0 saturated carbocycles. The predicted octanol–water partition coefficient (Wildman–Crippen LogP) is 3.03. The predicted molar refractivity (Wildman–Crippen MR) is 62.8 cm³/mol. The number of rotatable bonds is 3. The van der Waals surface area contributed by atoms with E-state index in [4.69, 9.17) is 17.3 Å². The second-order valence-electron chi connectivity index (χ2n) is 3.07. The Bertz CT molecular complexity index is 354. The summed E-state index contributed by atoms with van der Waals surface area (Å²) in [7, 11) is 0. The van der Waals surface area contributed by atoms with E-state index in [0.717, 1.165) is 11.1 Å². The van der Waals surface area contributed by atoms with Crippen LogP contribution in [0.1, 0.15) is 22.9 Å². The summed E-state index contributed by atoms with van der Waals surface area (Å²) in [5.74, 6) is 0.414. The van der Waals surface area contributed by atoms with E-state index in [2.05, 4.69) is 15.9 Å². The van der Waals surface area contributed by atoms with Crippen molar-refractivity contribution >= 4 is 39.0 Å². The lowest BCUT2D eigenvalue weighted by Crippen LogP contribution is -2.04. The van der Waals surface area contributed by atoms with Crippen molar-refractivity contribution in [3.63, 3.8) is 0 Å². The molecule has 76 valence electrons. The van der Waals surface area contributed by atoms with E-state index in [1.54, 1.807) is 12.1 Å². The van der Waals surface area contributed by atoms with Gasteiger partial charge in [-0.25, -0.2) is 0 Å². The lowest BCUT2D eigenvalue weighted by molar-refractivity contribution is -0.116. The minimum atomic E-state index is -0.295. The molecule has 1 atom stereocenters. The molecule has 0 heterocycles. The van der Waals surface area contributed by atoms with Gasteiger partial charge >= 0.3 is 0 Å². The molecule has 0 amide bonds. The van der Waals surface area contributed by atoms with Gasteiger partial charge in [-0.1, -0.05) is 22.0 Å². The highest BCUT2D eigenvalue weighted by Gasteiger charge is 2.15. The first-order valence-electron chi connectivity index (χ1n) is 4.15. The average molecular weight is 277 g/mol. The molecule has 0 aromatic heterocycles. The number of ketones is 1. The molecule has 0 radical (unpaired) electrons. The Labute approximate surface area is 96.6 Å². The zero-order valence-corrected chi connectivity index (χ0v) is 10.1. The minimum Gasteiger partial charge on any atom is -0.399 e. The number of carbonyl (C=O) groups excluding carboxylic acids is 1. The van der Waals surface area contributed by atoms with Crippen LogP contribution in [-0.4, -0.2) is 5.78 Å². The van der Waals surface area contributed by atoms with Crippen molar-refractivity contribution in [3.05, 3.63) is 29.3 Å². The van der Waals surface area contributed by atoms with Gasteiger partial charge in [0.2, 0.25) is 0 Å². The van der Waals surface area contributed by atoms with E-state index in [1.165, 1.54) is 6.92 Å². The Hall–Kier alpha value is -0.540. The van der Waals surface area contributed by atoms with Gasteiger partial charge in [0.05, 0.1) is 4.83 Å². The van der Waals surface area contributed by atoms with E-state index >= 15 is 0 Å². The largest absolute Gasteiger partial charge is 0.399 e. The maximum Gasteiger partial charge on any atom is 0.147 e. The van der Waals surface area contributed by atoms with Gasteiger partial charge in [0.15, 0.2) is 0 Å². The topological polar surface area (TPSA) is 43.1 Å². The molecule has 0 fully saturated rings. The lowest BCUT2D eigenvalue weighted by Gasteiger charge is -2.11. The first kappa shape index (κ1) is 11.5. The summed E-state index contributed by atoms with van der Waals surface area (Å²) in [4.78, 5) is 10.9. The summed E-state index contributed by atoms with van der Waals surface area (Å²) < 4.78 is 0. The Morgan fingerprint density at radius 1 is 1.64 bits per heavy atom. The van der Waals surface area contributed by atoms with Crippen molar-refractivity contribution in [3.8, 4) is 0 Å². The molecular formula is C10H11BrClNO. The van der Waals surface area contributed by atoms with Crippen molar-refractivity contribution in [1.82, 2.24) is 0 Å². The molecule has 0 bridgehead atoms. The zero-order chi connectivity index (χ0) is 10.7. The van der Waals surface area contributed by atoms with Gasteiger partial charge in [-0.2, -0.15) is 0 Å². The molecular weight excluding hydrogens is 265 g/mol. The highest BCUT2D eigenvalue weighted by atomic mass is 79.9. The van der Waals surface area contributed by atoms with Crippen molar-refractivity contribution in [1.29, 1.82) is 0 Å². The minimum absolute atomic E-state index is 0.0566. The molecule has 1 aromatic rings. The standard InChI is InChI=1S/C10H11BrClNO/c1-6(14)10(11)9-3-2-8(13)4-7(9)5-12/h2-4,10H,5,13H2,1H3. The Morgan fingerprint density at radius 3 is 2.79 bits per heavy atom. The summed E-state index contributed by atoms with van der Waals surface area (Å²) >= 11 is 9.08. The number of hydrogen-bond donors (Lipinski definition) is 1. The van der Waals surface area contributed by atoms with E-state index < -0.39 is 0 Å². The van der Waals surface area contributed by atoms with Crippen molar-refractivity contribution < 1.29 is 4.79 Å². The Balaban J connectivity index is 3.13. The van der Waals surface area contributed by atoms with Gasteiger partial charge in [-0.3, -0.25) is 4.79 Å². The normalized spacial score (nSPS) is 12.5. The first-order valence-corrected chi connectivity index (χ1v) is 5.60. The summed E-state index contributed by atoms with van der Waals surface area (Å²) in [6.07, 6.45) is 0. The number of carbonyl (C=O) groups is 1. The number of benzene rings is 1. The molecule has 0 aliphatic heterocycles. The fourth-order valence-electron chi connectivity index (χ4n) is 1.21. The average Bonchev–Trinajstić information content (AvgIpc) is 2.16. The maximum atomic E-state index is 11.2. The van der Waals surface area contributed by atoms with Gasteiger partial charge < -0.3 is 5.73 Å². The number of nitrogens with two attached hydrogens (primary N) is 1. The summed E-state index contributed by atoms with van der Waals surface area (Å²) in [5, 5.41) is 0. The Kier molecular flexibility index (Phi) is 3.96. The molecule has 1 unspecified atom stereocenters. The van der Waals surface area contributed by atoms with Gasteiger partial charge in [0, 0.05) is 11.6 Å². The molecule has 0 saturated heterocycles. The molecule has 2 N–H and O–H groups in total. The highest BCUT2D eigenvalue weighted by molar-refractivity contribution is 9.09. The number of alkyl halides is 2. The van der Waals surface area contributed by atoms with Gasteiger partial charge in [-0.15, -0.1) is 11.6 Å². The third-order valence-corrected chi connectivity index (χ3v) is 3.37. The number of anilines is 1. The van der Waals surface area contributed by atoms with Crippen LogP contribution in [0.25, 0.3) is 0 Å². The van der Waals surface area contributed by atoms with E-state index in [-0.39, 0.29) is 10.6 Å². The third kappa shape index (κ3) is 2.49. The number of nitrogen functional groups attached to an aromatic ring is 1. The second-order valence-corrected chi connectivity index (χ2v) is 4.25. The van der Waals surface area contributed by atoms with Gasteiger partial charge in [-0.05, 0) is 30.2 Å². The molecule has 2 nitrogen and oxygen atoms in total. The van der Waals surface area contributed by atoms with E-state index in [9.17, 15) is 4.79 Å².